The molecule has 0 radical (unpaired) electrons. The lowest BCUT2D eigenvalue weighted by atomic mass is 9.83. The quantitative estimate of drug-likeness (QED) is 0.617. The van der Waals surface area contributed by atoms with Crippen molar-refractivity contribution in [3.63, 3.8) is 0 Å². The number of hydrogen-bond donors (Lipinski definition) is 0. The van der Waals surface area contributed by atoms with Crippen LogP contribution in [0, 0.1) is 19.8 Å². The summed E-state index contributed by atoms with van der Waals surface area (Å²) >= 11 is 0. The van der Waals surface area contributed by atoms with Crippen LogP contribution in [0.2, 0.25) is 0 Å². The van der Waals surface area contributed by atoms with Crippen LogP contribution < -0.4 is 0 Å². The molecule has 2 fully saturated rings. The van der Waals surface area contributed by atoms with E-state index in [2.05, 4.69) is 15.0 Å². The van der Waals surface area contributed by atoms with Gasteiger partial charge in [0.25, 0.3) is 11.8 Å². The molecule has 0 aliphatic carbocycles. The van der Waals surface area contributed by atoms with Gasteiger partial charge in [-0.3, -0.25) is 14.6 Å². The molecule has 172 valence electrons. The van der Waals surface area contributed by atoms with Gasteiger partial charge in [-0.2, -0.15) is 0 Å². The van der Waals surface area contributed by atoms with E-state index < -0.39 is 0 Å². The normalized spacial score (nSPS) is 19.8. The Bertz CT molecular complexity index is 1160. The van der Waals surface area contributed by atoms with Crippen molar-refractivity contribution in [1.29, 1.82) is 0 Å². The number of likely N-dealkylation sites (tertiary alicyclic amines) is 2. The van der Waals surface area contributed by atoms with Gasteiger partial charge < -0.3 is 14.2 Å². The molecule has 3 aromatic rings. The Labute approximate surface area is 193 Å². The minimum Gasteiger partial charge on any atom is -0.337 e. The molecule has 2 amide bonds. The SMILES string of the molecule is Cc1cnc(C(=O)N2CCCCC2C2CCN(C(=O)c3cn4cccc(C)c4n3)CC2)cn1. The van der Waals surface area contributed by atoms with Gasteiger partial charge in [0.15, 0.2) is 0 Å². The highest BCUT2D eigenvalue weighted by Crippen LogP contribution is 2.31. The highest BCUT2D eigenvalue weighted by Gasteiger charge is 2.36. The van der Waals surface area contributed by atoms with Gasteiger partial charge in [-0.15, -0.1) is 0 Å². The number of hydrogen-bond acceptors (Lipinski definition) is 5. The van der Waals surface area contributed by atoms with E-state index >= 15 is 0 Å². The summed E-state index contributed by atoms with van der Waals surface area (Å²) < 4.78 is 1.91. The Hall–Kier alpha value is -3.29. The number of carbonyl (C=O) groups excluding carboxylic acids is 2. The van der Waals surface area contributed by atoms with Crippen molar-refractivity contribution in [3.8, 4) is 0 Å². The van der Waals surface area contributed by atoms with Gasteiger partial charge >= 0.3 is 0 Å². The van der Waals surface area contributed by atoms with E-state index in [9.17, 15) is 9.59 Å². The van der Waals surface area contributed by atoms with Gasteiger partial charge in [0.05, 0.1) is 11.9 Å². The predicted molar refractivity (Wildman–Crippen MR) is 124 cm³/mol. The Balaban J connectivity index is 1.26. The first-order valence-corrected chi connectivity index (χ1v) is 11.8. The summed E-state index contributed by atoms with van der Waals surface area (Å²) in [6, 6.07) is 4.16. The molecule has 2 aliphatic rings. The van der Waals surface area contributed by atoms with Crippen LogP contribution in [0.3, 0.4) is 0 Å². The predicted octanol–water partition coefficient (Wildman–Crippen LogP) is 3.29. The third-order valence-corrected chi connectivity index (χ3v) is 7.08. The lowest BCUT2D eigenvalue weighted by molar-refractivity contribution is 0.0369. The van der Waals surface area contributed by atoms with Crippen molar-refractivity contribution in [3.05, 3.63) is 59.6 Å². The van der Waals surface area contributed by atoms with Gasteiger partial charge in [-0.25, -0.2) is 9.97 Å². The third-order valence-electron chi connectivity index (χ3n) is 7.08. The van der Waals surface area contributed by atoms with Crippen molar-refractivity contribution < 1.29 is 9.59 Å². The fourth-order valence-electron chi connectivity index (χ4n) is 5.26. The molecule has 5 rings (SSSR count). The second kappa shape index (κ2) is 8.92. The number of aryl methyl sites for hydroxylation is 2. The van der Waals surface area contributed by atoms with Crippen molar-refractivity contribution in [2.75, 3.05) is 19.6 Å². The van der Waals surface area contributed by atoms with Gasteiger partial charge in [0.2, 0.25) is 0 Å². The average molecular weight is 447 g/mol. The van der Waals surface area contributed by atoms with E-state index in [1.807, 2.05) is 52.6 Å². The molecule has 1 atom stereocenters. The van der Waals surface area contributed by atoms with E-state index in [0.717, 1.165) is 55.6 Å². The van der Waals surface area contributed by atoms with Gasteiger partial charge in [0, 0.05) is 44.3 Å². The van der Waals surface area contributed by atoms with Crippen molar-refractivity contribution in [2.24, 2.45) is 5.92 Å². The first-order chi connectivity index (χ1) is 16.0. The van der Waals surface area contributed by atoms with Gasteiger partial charge in [-0.1, -0.05) is 6.07 Å². The highest BCUT2D eigenvalue weighted by molar-refractivity contribution is 5.93. The van der Waals surface area contributed by atoms with E-state index in [4.69, 9.17) is 0 Å². The smallest absolute Gasteiger partial charge is 0.274 e. The van der Waals surface area contributed by atoms with Gasteiger partial charge in [0.1, 0.15) is 17.0 Å². The maximum absolute atomic E-state index is 13.2. The molecule has 0 N–H and O–H groups in total. The molecule has 2 aliphatic heterocycles. The highest BCUT2D eigenvalue weighted by atomic mass is 16.2. The zero-order valence-corrected chi connectivity index (χ0v) is 19.3. The molecule has 5 heterocycles. The monoisotopic (exact) mass is 446 g/mol. The first kappa shape index (κ1) is 21.6. The van der Waals surface area contributed by atoms with Crippen LogP contribution in [-0.4, -0.2) is 66.6 Å². The van der Waals surface area contributed by atoms with Gasteiger partial charge in [-0.05, 0) is 63.5 Å². The summed E-state index contributed by atoms with van der Waals surface area (Å²) in [6.07, 6.45) is 11.9. The molecule has 0 spiro atoms. The van der Waals surface area contributed by atoms with Crippen LogP contribution in [0.1, 0.15) is 64.3 Å². The van der Waals surface area contributed by atoms with Crippen LogP contribution in [-0.2, 0) is 0 Å². The number of nitrogens with zero attached hydrogens (tertiary/aromatic N) is 6. The summed E-state index contributed by atoms with van der Waals surface area (Å²) in [5, 5.41) is 0. The molecule has 3 aromatic heterocycles. The molecule has 1 unspecified atom stereocenters. The fraction of sp³-hybridized carbons (Fsp3) is 0.480. The molecular weight excluding hydrogens is 416 g/mol. The summed E-state index contributed by atoms with van der Waals surface area (Å²) in [4.78, 5) is 43.4. The molecule has 0 bridgehead atoms. The molecular formula is C25H30N6O2. The lowest BCUT2D eigenvalue weighted by Gasteiger charge is -2.43. The number of imidazole rings is 1. The maximum atomic E-state index is 13.2. The van der Waals surface area contributed by atoms with Crippen LogP contribution in [0.4, 0.5) is 0 Å². The van der Waals surface area contributed by atoms with Crippen LogP contribution in [0.15, 0.2) is 36.9 Å². The molecule has 33 heavy (non-hydrogen) atoms. The molecule has 8 heteroatoms. The maximum Gasteiger partial charge on any atom is 0.274 e. The summed E-state index contributed by atoms with van der Waals surface area (Å²) in [7, 11) is 0. The fourth-order valence-corrected chi connectivity index (χ4v) is 5.26. The standard InChI is InChI=1S/C25H30N6O2/c1-17-6-5-10-30-16-21(28-23(17)30)24(32)29-12-8-19(9-13-29)22-7-3-4-11-31(22)25(33)20-15-26-18(2)14-27-20/h5-6,10,14-16,19,22H,3-4,7-9,11-13H2,1-2H3. The lowest BCUT2D eigenvalue weighted by Crippen LogP contribution is -2.51. The third kappa shape index (κ3) is 4.21. The van der Waals surface area contributed by atoms with Crippen molar-refractivity contribution in [1.82, 2.24) is 29.2 Å². The van der Waals surface area contributed by atoms with E-state index in [0.29, 0.717) is 30.4 Å². The molecule has 0 aromatic carbocycles. The Morgan fingerprint density at radius 1 is 0.939 bits per heavy atom. The Morgan fingerprint density at radius 2 is 1.76 bits per heavy atom. The molecule has 2 saturated heterocycles. The van der Waals surface area contributed by atoms with E-state index in [1.54, 1.807) is 12.4 Å². The van der Waals surface area contributed by atoms with Crippen molar-refractivity contribution >= 4 is 17.5 Å². The largest absolute Gasteiger partial charge is 0.337 e. The minimum absolute atomic E-state index is 0.0111. The first-order valence-electron chi connectivity index (χ1n) is 11.8. The zero-order valence-electron chi connectivity index (χ0n) is 19.3. The molecule has 0 saturated carbocycles. The van der Waals surface area contributed by atoms with Crippen molar-refractivity contribution in [2.45, 2.75) is 52.0 Å². The van der Waals surface area contributed by atoms with Crippen LogP contribution >= 0.6 is 0 Å². The summed E-state index contributed by atoms with van der Waals surface area (Å²) in [5.74, 6) is 0.355. The van der Waals surface area contributed by atoms with E-state index in [1.165, 1.54) is 0 Å². The zero-order chi connectivity index (χ0) is 22.9. The molecule has 8 nitrogen and oxygen atoms in total. The number of fused-ring (bicyclic) bond motifs is 1. The number of amides is 2. The number of rotatable bonds is 3. The summed E-state index contributed by atoms with van der Waals surface area (Å²) in [5.41, 5.74) is 3.60. The Morgan fingerprint density at radius 3 is 2.48 bits per heavy atom. The van der Waals surface area contributed by atoms with E-state index in [-0.39, 0.29) is 17.9 Å². The minimum atomic E-state index is -0.0224. The average Bonchev–Trinajstić information content (AvgIpc) is 3.30. The Kier molecular flexibility index (Phi) is 5.83. The second-order valence-corrected chi connectivity index (χ2v) is 9.28. The van der Waals surface area contributed by atoms with Crippen LogP contribution in [0.25, 0.3) is 5.65 Å². The number of piperidine rings is 2. The number of carbonyl (C=O) groups is 2. The summed E-state index contributed by atoms with van der Waals surface area (Å²) in [6.45, 7) is 6.02. The topological polar surface area (TPSA) is 83.7 Å². The second-order valence-electron chi connectivity index (χ2n) is 9.28. The number of pyridine rings is 1. The number of aromatic nitrogens is 4. The van der Waals surface area contributed by atoms with Crippen LogP contribution in [0.5, 0.6) is 0 Å².